The fourth-order valence-corrected chi connectivity index (χ4v) is 0.937. The summed E-state index contributed by atoms with van der Waals surface area (Å²) in [5.74, 6) is 1.22. The minimum Gasteiger partial charge on any atom is -0.300 e. The molecule has 1 nitrogen and oxygen atoms in total. The average Bonchev–Trinajstić information content (AvgIpc) is 1.88. The van der Waals surface area contributed by atoms with Crippen LogP contribution in [-0.2, 0) is 4.79 Å². The van der Waals surface area contributed by atoms with E-state index in [0.717, 1.165) is 19.3 Å². The second-order valence-corrected chi connectivity index (χ2v) is 3.07. The molecule has 60 valence electrons. The Kier molecular flexibility index (Phi) is 5.70. The summed E-state index contributed by atoms with van der Waals surface area (Å²) in [6.07, 6.45) is 3.09. The number of hydrogen-bond acceptors (Lipinski definition) is 1. The molecule has 0 rings (SSSR count). The van der Waals surface area contributed by atoms with E-state index in [1.165, 1.54) is 0 Å². The molecule has 0 aromatic heterocycles. The second-order valence-electron chi connectivity index (χ2n) is 2.70. The maximum Gasteiger partial charge on any atom is 0.132 e. The van der Waals surface area contributed by atoms with Gasteiger partial charge in [-0.25, -0.2) is 0 Å². The molecule has 0 aromatic carbocycles. The zero-order valence-corrected chi connectivity index (χ0v) is 7.45. The van der Waals surface area contributed by atoms with Crippen LogP contribution in [0.25, 0.3) is 0 Å². The Bertz CT molecular complexity index is 101. The smallest absolute Gasteiger partial charge is 0.132 e. The van der Waals surface area contributed by atoms with Crippen molar-refractivity contribution in [3.63, 3.8) is 0 Å². The van der Waals surface area contributed by atoms with E-state index in [-0.39, 0.29) is 11.7 Å². The molecule has 0 N–H and O–H groups in total. The first-order valence-corrected chi connectivity index (χ1v) is 4.28. The Hall–Kier alpha value is -0.0400. The highest BCUT2D eigenvalue weighted by molar-refractivity contribution is 6.17. The number of unbranched alkanes of at least 4 members (excludes halogenated alkanes) is 1. The summed E-state index contributed by atoms with van der Waals surface area (Å²) >= 11 is 5.48. The molecule has 0 saturated carbocycles. The molecule has 10 heavy (non-hydrogen) atoms. The number of hydrogen-bond donors (Lipinski definition) is 0. The largest absolute Gasteiger partial charge is 0.300 e. The third kappa shape index (κ3) is 4.80. The van der Waals surface area contributed by atoms with Crippen LogP contribution in [0.2, 0.25) is 0 Å². The van der Waals surface area contributed by atoms with E-state index in [0.29, 0.717) is 5.88 Å². The summed E-state index contributed by atoms with van der Waals surface area (Å²) in [5, 5.41) is 0. The highest BCUT2D eigenvalue weighted by Gasteiger charge is 2.05. The van der Waals surface area contributed by atoms with Crippen molar-refractivity contribution >= 4 is 17.4 Å². The topological polar surface area (TPSA) is 17.1 Å². The van der Waals surface area contributed by atoms with Crippen LogP contribution in [0.5, 0.6) is 0 Å². The lowest BCUT2D eigenvalue weighted by molar-refractivity contribution is -0.120. The molecule has 0 aliphatic heterocycles. The molecule has 0 aliphatic carbocycles. The number of Topliss-reactive ketones (excluding diaryl/α,β-unsaturated/α-hetero) is 1. The van der Waals surface area contributed by atoms with Crippen LogP contribution in [0.3, 0.4) is 0 Å². The molecule has 0 aliphatic rings. The molecule has 0 amide bonds. The van der Waals surface area contributed by atoms with Crippen LogP contribution >= 0.6 is 11.6 Å². The monoisotopic (exact) mass is 162 g/mol. The van der Waals surface area contributed by atoms with Gasteiger partial charge in [-0.05, 0) is 19.8 Å². The summed E-state index contributed by atoms with van der Waals surface area (Å²) in [5.41, 5.74) is 0. The summed E-state index contributed by atoms with van der Waals surface area (Å²) in [7, 11) is 0. The van der Waals surface area contributed by atoms with Gasteiger partial charge in [-0.1, -0.05) is 13.3 Å². The van der Waals surface area contributed by atoms with Gasteiger partial charge in [-0.3, -0.25) is 4.79 Å². The predicted molar refractivity (Wildman–Crippen MR) is 44.4 cm³/mol. The summed E-state index contributed by atoms with van der Waals surface area (Å²) in [6, 6.07) is 0. The van der Waals surface area contributed by atoms with E-state index in [2.05, 4.69) is 0 Å². The number of alkyl halides is 1. The van der Waals surface area contributed by atoms with Crippen molar-refractivity contribution in [1.29, 1.82) is 0 Å². The molecular formula is C8H15ClO. The van der Waals surface area contributed by atoms with Gasteiger partial charge in [0, 0.05) is 11.8 Å². The van der Waals surface area contributed by atoms with E-state index < -0.39 is 0 Å². The quantitative estimate of drug-likeness (QED) is 0.449. The lowest BCUT2D eigenvalue weighted by atomic mass is 10.0. The Labute approximate surface area is 67.8 Å². The highest BCUT2D eigenvalue weighted by atomic mass is 35.5. The van der Waals surface area contributed by atoms with Gasteiger partial charge < -0.3 is 0 Å². The van der Waals surface area contributed by atoms with Crippen molar-refractivity contribution in [3.8, 4) is 0 Å². The maximum atomic E-state index is 10.7. The van der Waals surface area contributed by atoms with Gasteiger partial charge in [0.15, 0.2) is 0 Å². The SMILES string of the molecule is CC(=O)C(C)CCCCCl. The van der Waals surface area contributed by atoms with Crippen molar-refractivity contribution < 1.29 is 4.79 Å². The molecule has 0 radical (unpaired) electrons. The number of halogens is 1. The third-order valence-corrected chi connectivity index (χ3v) is 1.98. The van der Waals surface area contributed by atoms with E-state index in [4.69, 9.17) is 11.6 Å². The number of carbonyl (C=O) groups excluding carboxylic acids is 1. The standard InChI is InChI=1S/C8H15ClO/c1-7(8(2)10)5-3-4-6-9/h7H,3-6H2,1-2H3. The van der Waals surface area contributed by atoms with Gasteiger partial charge in [0.2, 0.25) is 0 Å². The van der Waals surface area contributed by atoms with Crippen molar-refractivity contribution in [3.05, 3.63) is 0 Å². The summed E-state index contributed by atoms with van der Waals surface area (Å²) in [4.78, 5) is 10.7. The van der Waals surface area contributed by atoms with Gasteiger partial charge in [0.1, 0.15) is 5.78 Å². The molecule has 2 heteroatoms. The Morgan fingerprint density at radius 2 is 2.10 bits per heavy atom. The first kappa shape index (κ1) is 9.96. The van der Waals surface area contributed by atoms with Crippen LogP contribution in [0.15, 0.2) is 0 Å². The lowest BCUT2D eigenvalue weighted by Crippen LogP contribution is -2.05. The highest BCUT2D eigenvalue weighted by Crippen LogP contribution is 2.08. The second kappa shape index (κ2) is 5.72. The minimum absolute atomic E-state index is 0.225. The van der Waals surface area contributed by atoms with Crippen LogP contribution < -0.4 is 0 Å². The fourth-order valence-electron chi connectivity index (χ4n) is 0.748. The average molecular weight is 163 g/mol. The van der Waals surface area contributed by atoms with Gasteiger partial charge in [0.25, 0.3) is 0 Å². The van der Waals surface area contributed by atoms with Crippen molar-refractivity contribution in [2.45, 2.75) is 33.1 Å². The third-order valence-electron chi connectivity index (χ3n) is 1.71. The van der Waals surface area contributed by atoms with E-state index in [1.54, 1.807) is 6.92 Å². The summed E-state index contributed by atoms with van der Waals surface area (Å²) < 4.78 is 0. The molecular weight excluding hydrogens is 148 g/mol. The molecule has 0 aromatic rings. The van der Waals surface area contributed by atoms with Crippen LogP contribution in [0, 0.1) is 5.92 Å². The Morgan fingerprint density at radius 1 is 1.50 bits per heavy atom. The molecule has 1 atom stereocenters. The molecule has 0 fully saturated rings. The van der Waals surface area contributed by atoms with E-state index in [1.807, 2.05) is 6.92 Å². The maximum absolute atomic E-state index is 10.7. The first-order chi connectivity index (χ1) is 4.68. The number of carbonyl (C=O) groups is 1. The molecule has 0 bridgehead atoms. The summed E-state index contributed by atoms with van der Waals surface area (Å²) in [6.45, 7) is 3.61. The first-order valence-electron chi connectivity index (χ1n) is 3.75. The fraction of sp³-hybridized carbons (Fsp3) is 0.875. The zero-order valence-electron chi connectivity index (χ0n) is 6.69. The van der Waals surface area contributed by atoms with Crippen molar-refractivity contribution in [2.75, 3.05) is 5.88 Å². The van der Waals surface area contributed by atoms with E-state index in [9.17, 15) is 4.79 Å². The van der Waals surface area contributed by atoms with Gasteiger partial charge >= 0.3 is 0 Å². The molecule has 1 unspecified atom stereocenters. The van der Waals surface area contributed by atoms with Gasteiger partial charge in [-0.2, -0.15) is 0 Å². The number of rotatable bonds is 5. The van der Waals surface area contributed by atoms with Crippen molar-refractivity contribution in [1.82, 2.24) is 0 Å². The van der Waals surface area contributed by atoms with Gasteiger partial charge in [-0.15, -0.1) is 11.6 Å². The van der Waals surface area contributed by atoms with Crippen molar-refractivity contribution in [2.24, 2.45) is 5.92 Å². The molecule has 0 spiro atoms. The normalized spacial score (nSPS) is 13.1. The predicted octanol–water partition coefficient (Wildman–Crippen LogP) is 2.62. The van der Waals surface area contributed by atoms with Gasteiger partial charge in [0.05, 0.1) is 0 Å². The number of ketones is 1. The molecule has 0 heterocycles. The van der Waals surface area contributed by atoms with E-state index >= 15 is 0 Å². The van der Waals surface area contributed by atoms with Crippen LogP contribution in [0.4, 0.5) is 0 Å². The lowest BCUT2D eigenvalue weighted by Gasteiger charge is -2.04. The zero-order chi connectivity index (χ0) is 7.98. The van der Waals surface area contributed by atoms with Crippen LogP contribution in [0.1, 0.15) is 33.1 Å². The minimum atomic E-state index is 0.225. The van der Waals surface area contributed by atoms with Crippen LogP contribution in [-0.4, -0.2) is 11.7 Å². The molecule has 0 saturated heterocycles. The Morgan fingerprint density at radius 3 is 2.50 bits per heavy atom. The Balaban J connectivity index is 3.21.